The maximum absolute atomic E-state index is 11.6. The Kier molecular flexibility index (Phi) is 4.94. The van der Waals surface area contributed by atoms with E-state index in [9.17, 15) is 9.59 Å². The molecule has 1 aromatic rings. The van der Waals surface area contributed by atoms with E-state index in [1.165, 1.54) is 19.4 Å². The van der Waals surface area contributed by atoms with Gasteiger partial charge in [-0.25, -0.2) is 9.78 Å². The van der Waals surface area contributed by atoms with Crippen LogP contribution >= 0.6 is 0 Å². The molecule has 1 aromatic heterocycles. The molecule has 1 saturated heterocycles. The van der Waals surface area contributed by atoms with Crippen LogP contribution in [0.5, 0.6) is 11.5 Å². The second-order valence-electron chi connectivity index (χ2n) is 4.28. The molecule has 1 atom stereocenters. The highest BCUT2D eigenvalue weighted by atomic mass is 16.7. The largest absolute Gasteiger partial charge is 0.493 e. The Morgan fingerprint density at radius 1 is 1.52 bits per heavy atom. The Hall–Kier alpha value is -2.35. The second kappa shape index (κ2) is 6.89. The monoisotopic (exact) mass is 296 g/mol. The average molecular weight is 296 g/mol. The van der Waals surface area contributed by atoms with E-state index in [4.69, 9.17) is 24.7 Å². The van der Waals surface area contributed by atoms with E-state index in [1.807, 2.05) is 0 Å². The maximum Gasteiger partial charge on any atom is 0.338 e. The molecule has 114 valence electrons. The van der Waals surface area contributed by atoms with Crippen molar-refractivity contribution in [1.29, 1.82) is 0 Å². The zero-order chi connectivity index (χ0) is 15.2. The molecule has 1 aliphatic heterocycles. The number of pyridine rings is 1. The molecule has 0 saturated carbocycles. The van der Waals surface area contributed by atoms with Crippen LogP contribution in [0.25, 0.3) is 0 Å². The number of amides is 1. The number of esters is 1. The molecule has 8 heteroatoms. The standard InChI is InChI=1S/C13H16N2O6/c1-18-8-4-5-15-10(12(14)16)11(8)20-7-21-13(17)9-3-2-6-19-9/h4-5,9H,2-3,6-7H2,1H3,(H2,14,16). The first-order valence-corrected chi connectivity index (χ1v) is 6.37. The normalized spacial score (nSPS) is 17.3. The van der Waals surface area contributed by atoms with Crippen LogP contribution in [0.4, 0.5) is 0 Å². The predicted octanol–water partition coefficient (Wildman–Crippen LogP) is 0.248. The van der Waals surface area contributed by atoms with Gasteiger partial charge in [0.15, 0.2) is 23.3 Å². The summed E-state index contributed by atoms with van der Waals surface area (Å²) in [6, 6.07) is 1.50. The summed E-state index contributed by atoms with van der Waals surface area (Å²) in [7, 11) is 1.41. The summed E-state index contributed by atoms with van der Waals surface area (Å²) in [5.74, 6) is -0.968. The molecule has 0 spiro atoms. The summed E-state index contributed by atoms with van der Waals surface area (Å²) in [5, 5.41) is 0. The van der Waals surface area contributed by atoms with Crippen molar-refractivity contribution in [2.45, 2.75) is 18.9 Å². The Morgan fingerprint density at radius 3 is 2.95 bits per heavy atom. The van der Waals surface area contributed by atoms with Crippen molar-refractivity contribution in [1.82, 2.24) is 4.98 Å². The molecule has 1 unspecified atom stereocenters. The fourth-order valence-electron chi connectivity index (χ4n) is 1.91. The molecule has 0 bridgehead atoms. The smallest absolute Gasteiger partial charge is 0.338 e. The number of hydrogen-bond donors (Lipinski definition) is 1. The van der Waals surface area contributed by atoms with Gasteiger partial charge in [-0.05, 0) is 12.8 Å². The van der Waals surface area contributed by atoms with Gasteiger partial charge < -0.3 is 24.7 Å². The van der Waals surface area contributed by atoms with Crippen LogP contribution in [-0.4, -0.2) is 43.5 Å². The number of hydrogen-bond acceptors (Lipinski definition) is 7. The van der Waals surface area contributed by atoms with Crippen LogP contribution in [0.15, 0.2) is 12.3 Å². The Balaban J connectivity index is 1.98. The van der Waals surface area contributed by atoms with E-state index < -0.39 is 18.0 Å². The van der Waals surface area contributed by atoms with Gasteiger partial charge in [0.05, 0.1) is 7.11 Å². The lowest BCUT2D eigenvalue weighted by Crippen LogP contribution is -2.24. The predicted molar refractivity (Wildman–Crippen MR) is 69.9 cm³/mol. The maximum atomic E-state index is 11.6. The van der Waals surface area contributed by atoms with Gasteiger partial charge in [-0.3, -0.25) is 4.79 Å². The summed E-state index contributed by atoms with van der Waals surface area (Å²) >= 11 is 0. The minimum absolute atomic E-state index is 0.0349. The highest BCUT2D eigenvalue weighted by molar-refractivity contribution is 5.94. The van der Waals surface area contributed by atoms with Crippen LogP contribution in [-0.2, 0) is 14.3 Å². The molecule has 2 rings (SSSR count). The van der Waals surface area contributed by atoms with E-state index in [1.54, 1.807) is 0 Å². The molecule has 2 N–H and O–H groups in total. The summed E-state index contributed by atoms with van der Waals surface area (Å²) in [5.41, 5.74) is 5.11. The number of carbonyl (C=O) groups excluding carboxylic acids is 2. The van der Waals surface area contributed by atoms with Gasteiger partial charge >= 0.3 is 5.97 Å². The van der Waals surface area contributed by atoms with Crippen molar-refractivity contribution >= 4 is 11.9 Å². The molecular weight excluding hydrogens is 280 g/mol. The summed E-state index contributed by atoms with van der Waals surface area (Å²) in [6.45, 7) is 0.157. The Bertz CT molecular complexity index is 527. The Morgan fingerprint density at radius 2 is 2.33 bits per heavy atom. The van der Waals surface area contributed by atoms with Crippen LogP contribution < -0.4 is 15.2 Å². The lowest BCUT2D eigenvalue weighted by molar-refractivity contribution is -0.160. The van der Waals surface area contributed by atoms with E-state index in [-0.39, 0.29) is 24.0 Å². The number of nitrogens with two attached hydrogens (primary N) is 1. The van der Waals surface area contributed by atoms with E-state index in [0.29, 0.717) is 13.0 Å². The van der Waals surface area contributed by atoms with Crippen molar-refractivity contribution in [3.8, 4) is 11.5 Å². The van der Waals surface area contributed by atoms with E-state index >= 15 is 0 Å². The molecule has 2 heterocycles. The number of methoxy groups -OCH3 is 1. The van der Waals surface area contributed by atoms with Gasteiger partial charge in [0.25, 0.3) is 5.91 Å². The number of ether oxygens (including phenoxy) is 4. The third-order valence-corrected chi connectivity index (χ3v) is 2.92. The van der Waals surface area contributed by atoms with Crippen molar-refractivity contribution < 1.29 is 28.5 Å². The second-order valence-corrected chi connectivity index (χ2v) is 4.28. The first-order valence-electron chi connectivity index (χ1n) is 6.37. The Labute approximate surface area is 121 Å². The number of primary amides is 1. The highest BCUT2D eigenvalue weighted by Crippen LogP contribution is 2.29. The van der Waals surface area contributed by atoms with E-state index in [0.717, 1.165) is 6.42 Å². The lowest BCUT2D eigenvalue weighted by atomic mass is 10.2. The van der Waals surface area contributed by atoms with Gasteiger partial charge in [0.2, 0.25) is 6.79 Å². The van der Waals surface area contributed by atoms with Gasteiger partial charge in [0, 0.05) is 18.9 Å². The van der Waals surface area contributed by atoms with Gasteiger partial charge in [-0.1, -0.05) is 0 Å². The minimum Gasteiger partial charge on any atom is -0.493 e. The molecule has 21 heavy (non-hydrogen) atoms. The number of aromatic nitrogens is 1. The SMILES string of the molecule is COc1ccnc(C(N)=O)c1OCOC(=O)C1CCCO1. The zero-order valence-corrected chi connectivity index (χ0v) is 11.5. The van der Waals surface area contributed by atoms with Crippen LogP contribution in [0.1, 0.15) is 23.3 Å². The van der Waals surface area contributed by atoms with Crippen molar-refractivity contribution in [2.24, 2.45) is 5.73 Å². The molecular formula is C13H16N2O6. The van der Waals surface area contributed by atoms with Crippen molar-refractivity contribution in [3.05, 3.63) is 18.0 Å². The van der Waals surface area contributed by atoms with Crippen LogP contribution in [0.2, 0.25) is 0 Å². The molecule has 0 aliphatic carbocycles. The molecule has 0 aromatic carbocycles. The molecule has 8 nitrogen and oxygen atoms in total. The van der Waals surface area contributed by atoms with Crippen LogP contribution in [0, 0.1) is 0 Å². The van der Waals surface area contributed by atoms with Gasteiger partial charge in [0.1, 0.15) is 0 Å². The molecule has 1 fully saturated rings. The van der Waals surface area contributed by atoms with Gasteiger partial charge in [-0.15, -0.1) is 0 Å². The first-order chi connectivity index (χ1) is 10.1. The zero-order valence-electron chi connectivity index (χ0n) is 11.5. The summed E-state index contributed by atoms with van der Waals surface area (Å²) < 4.78 is 20.4. The quantitative estimate of drug-likeness (QED) is 0.591. The van der Waals surface area contributed by atoms with Crippen molar-refractivity contribution in [2.75, 3.05) is 20.5 Å². The van der Waals surface area contributed by atoms with E-state index in [2.05, 4.69) is 4.98 Å². The fraction of sp³-hybridized carbons (Fsp3) is 0.462. The third kappa shape index (κ3) is 3.60. The molecule has 1 amide bonds. The minimum atomic E-state index is -0.769. The topological polar surface area (TPSA) is 110 Å². The summed E-state index contributed by atoms with van der Waals surface area (Å²) in [6.07, 6.45) is 2.26. The lowest BCUT2D eigenvalue weighted by Gasteiger charge is -2.14. The van der Waals surface area contributed by atoms with Crippen LogP contribution in [0.3, 0.4) is 0 Å². The number of nitrogens with zero attached hydrogens (tertiary/aromatic N) is 1. The van der Waals surface area contributed by atoms with Gasteiger partial charge in [-0.2, -0.15) is 0 Å². The third-order valence-electron chi connectivity index (χ3n) is 2.92. The molecule has 1 aliphatic rings. The highest BCUT2D eigenvalue weighted by Gasteiger charge is 2.25. The molecule has 0 radical (unpaired) electrons. The average Bonchev–Trinajstić information content (AvgIpc) is 3.01. The number of rotatable bonds is 6. The summed E-state index contributed by atoms with van der Waals surface area (Å²) in [4.78, 5) is 26.8. The number of carbonyl (C=O) groups is 2. The first kappa shape index (κ1) is 15.0. The van der Waals surface area contributed by atoms with Crippen molar-refractivity contribution in [3.63, 3.8) is 0 Å². The fourth-order valence-corrected chi connectivity index (χ4v) is 1.91.